The van der Waals surface area contributed by atoms with Gasteiger partial charge in [-0.3, -0.25) is 9.59 Å². The minimum absolute atomic E-state index is 0.0876. The summed E-state index contributed by atoms with van der Waals surface area (Å²) in [5.74, 6) is -0.562. The van der Waals surface area contributed by atoms with Gasteiger partial charge in [0, 0.05) is 17.0 Å². The van der Waals surface area contributed by atoms with E-state index < -0.39 is 11.8 Å². The van der Waals surface area contributed by atoms with E-state index in [2.05, 4.69) is 15.5 Å². The number of carbonyl (C=O) groups is 2. The molecule has 8 nitrogen and oxygen atoms in total. The second kappa shape index (κ2) is 10.9. The van der Waals surface area contributed by atoms with Gasteiger partial charge in [-0.1, -0.05) is 66.7 Å². The van der Waals surface area contributed by atoms with Gasteiger partial charge in [-0.25, -0.2) is 0 Å². The van der Waals surface area contributed by atoms with Crippen molar-refractivity contribution in [3.05, 3.63) is 96.1 Å². The molecule has 4 rings (SSSR count). The number of methoxy groups -OCH3 is 1. The van der Waals surface area contributed by atoms with E-state index in [-0.39, 0.29) is 18.1 Å². The number of para-hydroxylation sites is 2. The summed E-state index contributed by atoms with van der Waals surface area (Å²) in [5, 5.41) is 21.7. The number of aromatic hydroxyl groups is 1. The highest BCUT2D eigenvalue weighted by atomic mass is 16.5. The SMILES string of the molecule is COc1ccccc1C=CC(=O)NCC(=O)N=Nc1c(O)n(Cc2ccccc2)c2ccccc12. The van der Waals surface area contributed by atoms with Gasteiger partial charge in [0.2, 0.25) is 11.8 Å². The van der Waals surface area contributed by atoms with Gasteiger partial charge in [0.05, 0.1) is 19.2 Å². The fourth-order valence-corrected chi connectivity index (χ4v) is 3.63. The number of rotatable bonds is 8. The monoisotopic (exact) mass is 468 g/mol. The molecule has 0 bridgehead atoms. The maximum absolute atomic E-state index is 12.2. The molecule has 0 aliphatic carbocycles. The zero-order valence-corrected chi connectivity index (χ0v) is 19.1. The number of hydrogen-bond donors (Lipinski definition) is 2. The Morgan fingerprint density at radius 3 is 2.51 bits per heavy atom. The lowest BCUT2D eigenvalue weighted by atomic mass is 10.2. The Hall–Kier alpha value is -4.72. The Kier molecular flexibility index (Phi) is 7.32. The normalized spacial score (nSPS) is 11.3. The van der Waals surface area contributed by atoms with E-state index in [1.807, 2.05) is 66.7 Å². The molecule has 2 amide bonds. The third-order valence-electron chi connectivity index (χ3n) is 5.33. The van der Waals surface area contributed by atoms with Crippen molar-refractivity contribution in [2.45, 2.75) is 6.54 Å². The van der Waals surface area contributed by atoms with Gasteiger partial charge in [0.1, 0.15) is 12.3 Å². The fourth-order valence-electron chi connectivity index (χ4n) is 3.63. The highest BCUT2D eigenvalue weighted by Gasteiger charge is 2.17. The number of carbonyl (C=O) groups excluding carboxylic acids is 2. The van der Waals surface area contributed by atoms with Crippen molar-refractivity contribution in [1.82, 2.24) is 9.88 Å². The molecule has 0 unspecified atom stereocenters. The third-order valence-corrected chi connectivity index (χ3v) is 5.33. The van der Waals surface area contributed by atoms with Crippen LogP contribution in [-0.2, 0) is 16.1 Å². The zero-order valence-electron chi connectivity index (χ0n) is 19.1. The molecule has 176 valence electrons. The van der Waals surface area contributed by atoms with E-state index >= 15 is 0 Å². The summed E-state index contributed by atoms with van der Waals surface area (Å²) in [5.41, 5.74) is 2.71. The first kappa shape index (κ1) is 23.4. The first-order chi connectivity index (χ1) is 17.1. The van der Waals surface area contributed by atoms with Crippen molar-refractivity contribution in [2.24, 2.45) is 10.2 Å². The first-order valence-corrected chi connectivity index (χ1v) is 10.9. The number of hydrogen-bond acceptors (Lipinski definition) is 5. The van der Waals surface area contributed by atoms with Crippen LogP contribution in [0.1, 0.15) is 11.1 Å². The van der Waals surface area contributed by atoms with Crippen LogP contribution in [-0.4, -0.2) is 35.1 Å². The van der Waals surface area contributed by atoms with Gasteiger partial charge in [-0.15, -0.1) is 10.2 Å². The smallest absolute Gasteiger partial charge is 0.283 e. The lowest BCUT2D eigenvalue weighted by Gasteiger charge is -2.06. The average Bonchev–Trinajstić information content (AvgIpc) is 3.16. The van der Waals surface area contributed by atoms with Gasteiger partial charge in [0.25, 0.3) is 5.91 Å². The molecule has 0 saturated heterocycles. The van der Waals surface area contributed by atoms with Crippen molar-refractivity contribution >= 4 is 34.5 Å². The predicted molar refractivity (Wildman–Crippen MR) is 134 cm³/mol. The predicted octanol–water partition coefficient (Wildman–Crippen LogP) is 4.84. The number of ether oxygens (including phenoxy) is 1. The summed E-state index contributed by atoms with van der Waals surface area (Å²) in [6.07, 6.45) is 2.91. The number of aromatic nitrogens is 1. The Bertz CT molecular complexity index is 1410. The standard InChI is InChI=1S/C27H24N4O4/c1-35-23-14-8-5-11-20(23)15-16-24(32)28-17-25(33)29-30-26-21-12-6-7-13-22(21)31(27(26)34)18-19-9-3-2-4-10-19/h2-16,34H,17-18H2,1H3,(H,28,32). The maximum atomic E-state index is 12.2. The summed E-state index contributed by atoms with van der Waals surface area (Å²) in [4.78, 5) is 24.3. The third kappa shape index (κ3) is 5.62. The van der Waals surface area contributed by atoms with E-state index in [9.17, 15) is 14.7 Å². The van der Waals surface area contributed by atoms with Gasteiger partial charge >= 0.3 is 0 Å². The zero-order chi connectivity index (χ0) is 24.6. The molecular weight excluding hydrogens is 444 g/mol. The van der Waals surface area contributed by atoms with E-state index in [0.717, 1.165) is 16.6 Å². The average molecular weight is 469 g/mol. The van der Waals surface area contributed by atoms with Crippen LogP contribution in [0.4, 0.5) is 5.69 Å². The number of fused-ring (bicyclic) bond motifs is 1. The van der Waals surface area contributed by atoms with Crippen LogP contribution in [0.25, 0.3) is 17.0 Å². The molecule has 1 heterocycles. The van der Waals surface area contributed by atoms with Crippen molar-refractivity contribution < 1.29 is 19.4 Å². The molecule has 0 aliphatic heterocycles. The van der Waals surface area contributed by atoms with E-state index in [1.54, 1.807) is 29.9 Å². The molecule has 0 spiro atoms. The Morgan fingerprint density at radius 2 is 1.71 bits per heavy atom. The number of nitrogens with zero attached hydrogens (tertiary/aromatic N) is 3. The summed E-state index contributed by atoms with van der Waals surface area (Å²) in [6, 6.07) is 24.3. The van der Waals surface area contributed by atoms with Crippen LogP contribution in [0.2, 0.25) is 0 Å². The first-order valence-electron chi connectivity index (χ1n) is 10.9. The molecular formula is C27H24N4O4. The summed E-state index contributed by atoms with van der Waals surface area (Å²) in [6.45, 7) is 0.104. The molecule has 3 aromatic carbocycles. The quantitative estimate of drug-likeness (QED) is 0.285. The fraction of sp³-hybridized carbons (Fsp3) is 0.111. The molecule has 8 heteroatoms. The number of amides is 2. The Balaban J connectivity index is 1.44. The van der Waals surface area contributed by atoms with E-state index in [1.165, 1.54) is 6.08 Å². The van der Waals surface area contributed by atoms with E-state index in [4.69, 9.17) is 4.74 Å². The Labute approximate surface area is 202 Å². The van der Waals surface area contributed by atoms with Gasteiger partial charge in [-0.05, 0) is 23.8 Å². The van der Waals surface area contributed by atoms with E-state index in [0.29, 0.717) is 17.7 Å². The topological polar surface area (TPSA) is 105 Å². The van der Waals surface area contributed by atoms with Gasteiger partial charge in [0.15, 0.2) is 5.69 Å². The van der Waals surface area contributed by atoms with Crippen molar-refractivity contribution in [3.8, 4) is 11.6 Å². The van der Waals surface area contributed by atoms with Crippen LogP contribution in [0.15, 0.2) is 95.2 Å². The molecule has 0 saturated carbocycles. The number of nitrogens with one attached hydrogen (secondary N) is 1. The molecule has 0 aliphatic rings. The summed E-state index contributed by atoms with van der Waals surface area (Å²) < 4.78 is 6.95. The lowest BCUT2D eigenvalue weighted by molar-refractivity contribution is -0.122. The van der Waals surface area contributed by atoms with Crippen molar-refractivity contribution in [3.63, 3.8) is 0 Å². The highest BCUT2D eigenvalue weighted by Crippen LogP contribution is 2.39. The summed E-state index contributed by atoms with van der Waals surface area (Å²) in [7, 11) is 1.55. The second-order valence-electron chi connectivity index (χ2n) is 7.65. The minimum atomic E-state index is -0.650. The molecule has 1 aromatic heterocycles. The minimum Gasteiger partial charge on any atom is -0.496 e. The van der Waals surface area contributed by atoms with Crippen LogP contribution < -0.4 is 10.1 Å². The van der Waals surface area contributed by atoms with Crippen LogP contribution in [0.5, 0.6) is 11.6 Å². The lowest BCUT2D eigenvalue weighted by Crippen LogP contribution is -2.26. The van der Waals surface area contributed by atoms with Crippen LogP contribution >= 0.6 is 0 Å². The second-order valence-corrected chi connectivity index (χ2v) is 7.65. The van der Waals surface area contributed by atoms with Crippen LogP contribution in [0, 0.1) is 0 Å². The number of azo groups is 1. The number of benzene rings is 3. The molecule has 0 fully saturated rings. The van der Waals surface area contributed by atoms with Gasteiger partial charge in [-0.2, -0.15) is 0 Å². The largest absolute Gasteiger partial charge is 0.496 e. The molecule has 2 N–H and O–H groups in total. The molecule has 0 atom stereocenters. The highest BCUT2D eigenvalue weighted by molar-refractivity contribution is 5.96. The molecule has 35 heavy (non-hydrogen) atoms. The maximum Gasteiger partial charge on any atom is 0.283 e. The van der Waals surface area contributed by atoms with Crippen molar-refractivity contribution in [2.75, 3.05) is 13.7 Å². The molecule has 0 radical (unpaired) electrons. The summed E-state index contributed by atoms with van der Waals surface area (Å²) >= 11 is 0. The van der Waals surface area contributed by atoms with Crippen LogP contribution in [0.3, 0.4) is 0 Å². The van der Waals surface area contributed by atoms with Crippen molar-refractivity contribution in [1.29, 1.82) is 0 Å². The molecule has 4 aromatic rings. The Morgan fingerprint density at radius 1 is 1.00 bits per heavy atom. The van der Waals surface area contributed by atoms with Gasteiger partial charge < -0.3 is 19.7 Å².